The molecule has 0 aliphatic rings. The molecule has 0 heterocycles. The van der Waals surface area contributed by atoms with E-state index in [-0.39, 0.29) is 12.1 Å². The van der Waals surface area contributed by atoms with Crippen molar-refractivity contribution in [3.63, 3.8) is 0 Å². The number of aliphatic hydroxyl groups excluding tert-OH is 1. The van der Waals surface area contributed by atoms with E-state index in [1.807, 2.05) is 19.1 Å². The molecule has 2 atom stereocenters. The largest absolute Gasteiger partial charge is 0.508 e. The molecule has 0 bridgehead atoms. The number of benzene rings is 1. The summed E-state index contributed by atoms with van der Waals surface area (Å²) in [6, 6.07) is 7.39. The SMILES string of the molecule is CC[C@@H](NC[C@@H](C)O)c1ccccc1O. The highest BCUT2D eigenvalue weighted by Gasteiger charge is 2.12. The summed E-state index contributed by atoms with van der Waals surface area (Å²) >= 11 is 0. The van der Waals surface area contributed by atoms with Crippen LogP contribution in [0.2, 0.25) is 0 Å². The highest BCUT2D eigenvalue weighted by atomic mass is 16.3. The van der Waals surface area contributed by atoms with E-state index in [4.69, 9.17) is 0 Å². The Morgan fingerprint density at radius 1 is 1.33 bits per heavy atom. The van der Waals surface area contributed by atoms with E-state index in [1.54, 1.807) is 19.1 Å². The molecule has 0 amide bonds. The number of phenols is 1. The Labute approximate surface area is 90.8 Å². The van der Waals surface area contributed by atoms with Crippen molar-refractivity contribution in [3.05, 3.63) is 29.8 Å². The lowest BCUT2D eigenvalue weighted by Crippen LogP contribution is -2.28. The molecule has 1 rings (SSSR count). The number of rotatable bonds is 5. The third-order valence-corrected chi connectivity index (χ3v) is 2.38. The van der Waals surface area contributed by atoms with E-state index in [1.165, 1.54) is 0 Å². The third kappa shape index (κ3) is 3.53. The van der Waals surface area contributed by atoms with Crippen molar-refractivity contribution >= 4 is 0 Å². The Balaban J connectivity index is 2.70. The summed E-state index contributed by atoms with van der Waals surface area (Å²) in [7, 11) is 0. The van der Waals surface area contributed by atoms with E-state index in [0.717, 1.165) is 12.0 Å². The quantitative estimate of drug-likeness (QED) is 0.693. The van der Waals surface area contributed by atoms with Gasteiger partial charge in [0, 0.05) is 18.2 Å². The van der Waals surface area contributed by atoms with Gasteiger partial charge in [0.1, 0.15) is 5.75 Å². The van der Waals surface area contributed by atoms with Crippen molar-refractivity contribution in [1.82, 2.24) is 5.32 Å². The number of hydrogen-bond acceptors (Lipinski definition) is 3. The van der Waals surface area contributed by atoms with Gasteiger partial charge in [0.15, 0.2) is 0 Å². The summed E-state index contributed by atoms with van der Waals surface area (Å²) in [5.41, 5.74) is 0.889. The van der Waals surface area contributed by atoms with Gasteiger partial charge in [-0.15, -0.1) is 0 Å². The topological polar surface area (TPSA) is 52.5 Å². The van der Waals surface area contributed by atoms with Crippen LogP contribution in [0.25, 0.3) is 0 Å². The molecule has 3 nitrogen and oxygen atoms in total. The van der Waals surface area contributed by atoms with E-state index in [9.17, 15) is 10.2 Å². The van der Waals surface area contributed by atoms with Crippen LogP contribution in [-0.4, -0.2) is 22.9 Å². The van der Waals surface area contributed by atoms with Crippen LogP contribution in [-0.2, 0) is 0 Å². The Morgan fingerprint density at radius 2 is 2.00 bits per heavy atom. The van der Waals surface area contributed by atoms with Crippen molar-refractivity contribution in [3.8, 4) is 5.75 Å². The minimum absolute atomic E-state index is 0.0980. The van der Waals surface area contributed by atoms with E-state index < -0.39 is 0 Å². The van der Waals surface area contributed by atoms with Gasteiger partial charge in [-0.25, -0.2) is 0 Å². The fourth-order valence-electron chi connectivity index (χ4n) is 1.57. The molecule has 0 fully saturated rings. The van der Waals surface area contributed by atoms with Gasteiger partial charge in [-0.05, 0) is 19.4 Å². The van der Waals surface area contributed by atoms with Gasteiger partial charge >= 0.3 is 0 Å². The van der Waals surface area contributed by atoms with Crippen molar-refractivity contribution in [1.29, 1.82) is 0 Å². The first-order valence-corrected chi connectivity index (χ1v) is 5.34. The normalized spacial score (nSPS) is 14.9. The number of hydrogen-bond donors (Lipinski definition) is 3. The molecule has 0 aliphatic carbocycles. The maximum atomic E-state index is 9.67. The molecule has 84 valence electrons. The lowest BCUT2D eigenvalue weighted by Gasteiger charge is -2.19. The van der Waals surface area contributed by atoms with Crippen LogP contribution in [0.15, 0.2) is 24.3 Å². The van der Waals surface area contributed by atoms with Gasteiger partial charge < -0.3 is 15.5 Å². The monoisotopic (exact) mass is 209 g/mol. The smallest absolute Gasteiger partial charge is 0.120 e. The fraction of sp³-hybridized carbons (Fsp3) is 0.500. The van der Waals surface area contributed by atoms with E-state index in [0.29, 0.717) is 12.3 Å². The van der Waals surface area contributed by atoms with E-state index in [2.05, 4.69) is 5.32 Å². The molecular formula is C12H19NO2. The number of nitrogens with one attached hydrogen (secondary N) is 1. The lowest BCUT2D eigenvalue weighted by atomic mass is 10.0. The highest BCUT2D eigenvalue weighted by molar-refractivity contribution is 5.34. The summed E-state index contributed by atoms with van der Waals surface area (Å²) in [5.74, 6) is 0.308. The molecule has 0 unspecified atom stereocenters. The van der Waals surface area contributed by atoms with Gasteiger partial charge in [0.05, 0.1) is 6.10 Å². The molecule has 0 saturated carbocycles. The molecule has 1 aromatic carbocycles. The molecule has 1 aromatic rings. The first kappa shape index (κ1) is 12.0. The van der Waals surface area contributed by atoms with Crippen molar-refractivity contribution < 1.29 is 10.2 Å². The molecule has 0 radical (unpaired) electrons. The number of para-hydroxylation sites is 1. The summed E-state index contributed by atoms with van der Waals surface area (Å²) in [6.07, 6.45) is 0.509. The number of aromatic hydroxyl groups is 1. The van der Waals surface area contributed by atoms with Crippen LogP contribution in [0.3, 0.4) is 0 Å². The van der Waals surface area contributed by atoms with Crippen LogP contribution in [0, 0.1) is 0 Å². The molecule has 15 heavy (non-hydrogen) atoms. The zero-order valence-electron chi connectivity index (χ0n) is 9.27. The summed E-state index contributed by atoms with van der Waals surface area (Å²) in [4.78, 5) is 0. The summed E-state index contributed by atoms with van der Waals surface area (Å²) in [5, 5.41) is 22.1. The van der Waals surface area contributed by atoms with Gasteiger partial charge in [-0.2, -0.15) is 0 Å². The molecule has 0 spiro atoms. The first-order valence-electron chi connectivity index (χ1n) is 5.34. The van der Waals surface area contributed by atoms with Crippen LogP contribution in [0.1, 0.15) is 31.9 Å². The standard InChI is InChI=1S/C12H19NO2/c1-3-11(13-8-9(2)14)10-6-4-5-7-12(10)15/h4-7,9,11,13-15H,3,8H2,1-2H3/t9-,11-/m1/s1. The van der Waals surface area contributed by atoms with Crippen molar-refractivity contribution in [2.24, 2.45) is 0 Å². The molecule has 3 N–H and O–H groups in total. The number of aliphatic hydroxyl groups is 1. The first-order chi connectivity index (χ1) is 7.15. The predicted molar refractivity (Wildman–Crippen MR) is 60.8 cm³/mol. The van der Waals surface area contributed by atoms with Crippen LogP contribution in [0.5, 0.6) is 5.75 Å². The van der Waals surface area contributed by atoms with Crippen LogP contribution >= 0.6 is 0 Å². The molecular weight excluding hydrogens is 190 g/mol. The van der Waals surface area contributed by atoms with Crippen LogP contribution in [0.4, 0.5) is 0 Å². The van der Waals surface area contributed by atoms with E-state index >= 15 is 0 Å². The second kappa shape index (κ2) is 5.73. The lowest BCUT2D eigenvalue weighted by molar-refractivity contribution is 0.185. The summed E-state index contributed by atoms with van der Waals surface area (Å²) in [6.45, 7) is 4.32. The van der Waals surface area contributed by atoms with Crippen molar-refractivity contribution in [2.45, 2.75) is 32.4 Å². The highest BCUT2D eigenvalue weighted by Crippen LogP contribution is 2.25. The number of phenolic OH excluding ortho intramolecular Hbond substituents is 1. The molecule has 0 aliphatic heterocycles. The Hall–Kier alpha value is -1.06. The minimum atomic E-state index is -0.370. The van der Waals surface area contributed by atoms with Gasteiger partial charge in [-0.1, -0.05) is 25.1 Å². The molecule has 3 heteroatoms. The second-order valence-electron chi connectivity index (χ2n) is 3.78. The van der Waals surface area contributed by atoms with Gasteiger partial charge in [-0.3, -0.25) is 0 Å². The zero-order valence-corrected chi connectivity index (χ0v) is 9.27. The summed E-state index contributed by atoms with van der Waals surface area (Å²) < 4.78 is 0. The Bertz CT molecular complexity index is 299. The van der Waals surface area contributed by atoms with Gasteiger partial charge in [0.2, 0.25) is 0 Å². The average molecular weight is 209 g/mol. The maximum absolute atomic E-state index is 9.67. The van der Waals surface area contributed by atoms with Crippen LogP contribution < -0.4 is 5.32 Å². The van der Waals surface area contributed by atoms with Crippen molar-refractivity contribution in [2.75, 3.05) is 6.54 Å². The minimum Gasteiger partial charge on any atom is -0.508 e. The molecule has 0 saturated heterocycles. The molecule has 0 aromatic heterocycles. The Morgan fingerprint density at radius 3 is 2.53 bits per heavy atom. The van der Waals surface area contributed by atoms with Gasteiger partial charge in [0.25, 0.3) is 0 Å². The second-order valence-corrected chi connectivity index (χ2v) is 3.78. The average Bonchev–Trinajstić information content (AvgIpc) is 2.21. The maximum Gasteiger partial charge on any atom is 0.120 e. The fourth-order valence-corrected chi connectivity index (χ4v) is 1.57. The zero-order chi connectivity index (χ0) is 11.3. The predicted octanol–water partition coefficient (Wildman–Crippen LogP) is 1.81. The third-order valence-electron chi connectivity index (χ3n) is 2.38. The Kier molecular flexibility index (Phi) is 4.59.